The number of benzene rings is 2. The van der Waals surface area contributed by atoms with Gasteiger partial charge in [-0.3, -0.25) is 4.79 Å². The van der Waals surface area contributed by atoms with E-state index in [-0.39, 0.29) is 27.0 Å². The van der Waals surface area contributed by atoms with E-state index in [9.17, 15) is 14.0 Å². The van der Waals surface area contributed by atoms with E-state index in [1.54, 1.807) is 12.1 Å². The number of rotatable bonds is 3. The summed E-state index contributed by atoms with van der Waals surface area (Å²) in [6.45, 7) is 0. The van der Waals surface area contributed by atoms with Gasteiger partial charge in [-0.1, -0.05) is 6.07 Å². The van der Waals surface area contributed by atoms with Crippen LogP contribution in [0.15, 0.2) is 40.9 Å². The minimum atomic E-state index is -0.599. The predicted molar refractivity (Wildman–Crippen MR) is 84.2 cm³/mol. The topological polar surface area (TPSA) is 81.4 Å². The maximum atomic E-state index is 13.2. The smallest absolute Gasteiger partial charge is 0.340 e. The molecular weight excluding hydrogens is 355 g/mol. The lowest BCUT2D eigenvalue weighted by Gasteiger charge is -2.11. The molecule has 114 valence electrons. The third kappa shape index (κ3) is 3.25. The summed E-state index contributed by atoms with van der Waals surface area (Å²) in [5.41, 5.74) is 6.63. The molecule has 0 aliphatic rings. The van der Waals surface area contributed by atoms with Crippen molar-refractivity contribution in [3.63, 3.8) is 0 Å². The molecule has 0 aliphatic heterocycles. The second-order valence-electron chi connectivity index (χ2n) is 4.34. The molecule has 0 heterocycles. The van der Waals surface area contributed by atoms with Crippen LogP contribution < -0.4 is 11.1 Å². The minimum absolute atomic E-state index is 0.101. The quantitative estimate of drug-likeness (QED) is 0.645. The van der Waals surface area contributed by atoms with E-state index < -0.39 is 17.7 Å². The van der Waals surface area contributed by atoms with E-state index in [0.29, 0.717) is 0 Å². The van der Waals surface area contributed by atoms with Crippen molar-refractivity contribution < 1.29 is 18.7 Å². The molecule has 0 fully saturated rings. The molecule has 0 bridgehead atoms. The molecule has 0 unspecified atom stereocenters. The Morgan fingerprint density at radius 3 is 2.64 bits per heavy atom. The van der Waals surface area contributed by atoms with E-state index in [0.717, 1.165) is 0 Å². The summed E-state index contributed by atoms with van der Waals surface area (Å²) in [5, 5.41) is 2.58. The highest BCUT2D eigenvalue weighted by Crippen LogP contribution is 2.24. The van der Waals surface area contributed by atoms with Gasteiger partial charge in [0.2, 0.25) is 0 Å². The molecule has 2 aromatic rings. The van der Waals surface area contributed by atoms with E-state index >= 15 is 0 Å². The van der Waals surface area contributed by atoms with Gasteiger partial charge < -0.3 is 15.8 Å². The van der Waals surface area contributed by atoms with Gasteiger partial charge in [0.25, 0.3) is 5.91 Å². The van der Waals surface area contributed by atoms with E-state index in [2.05, 4.69) is 26.0 Å². The van der Waals surface area contributed by atoms with Gasteiger partial charge in [0.1, 0.15) is 5.82 Å². The summed E-state index contributed by atoms with van der Waals surface area (Å²) in [4.78, 5) is 23.7. The Morgan fingerprint density at radius 2 is 2.00 bits per heavy atom. The first kappa shape index (κ1) is 16.0. The number of nitrogens with two attached hydrogens (primary N) is 1. The number of amides is 1. The number of nitrogens with one attached hydrogen (secondary N) is 1. The van der Waals surface area contributed by atoms with Crippen LogP contribution in [0, 0.1) is 5.82 Å². The molecule has 0 spiro atoms. The molecule has 0 aliphatic carbocycles. The summed E-state index contributed by atoms with van der Waals surface area (Å²) in [5.74, 6) is -1.55. The first-order valence-electron chi connectivity index (χ1n) is 6.17. The SMILES string of the molecule is COC(=O)c1cccc(NC(=O)c2ccc(F)c(Br)c2)c1N. The highest BCUT2D eigenvalue weighted by molar-refractivity contribution is 9.10. The average molecular weight is 367 g/mol. The Labute approximate surface area is 134 Å². The maximum absolute atomic E-state index is 13.2. The van der Waals surface area contributed by atoms with Gasteiger partial charge in [0, 0.05) is 5.56 Å². The van der Waals surface area contributed by atoms with Crippen molar-refractivity contribution >= 4 is 39.2 Å². The summed E-state index contributed by atoms with van der Waals surface area (Å²) >= 11 is 3.01. The lowest BCUT2D eigenvalue weighted by molar-refractivity contribution is 0.0601. The van der Waals surface area contributed by atoms with Crippen LogP contribution in [0.25, 0.3) is 0 Å². The second kappa shape index (κ2) is 6.57. The first-order valence-corrected chi connectivity index (χ1v) is 6.96. The largest absolute Gasteiger partial charge is 0.465 e. The summed E-state index contributed by atoms with van der Waals surface area (Å²) in [6, 6.07) is 8.48. The number of carbonyl (C=O) groups excluding carboxylic acids is 2. The van der Waals surface area contributed by atoms with Crippen molar-refractivity contribution in [2.45, 2.75) is 0 Å². The molecular formula is C15H12BrFN2O3. The number of nitrogen functional groups attached to an aromatic ring is 1. The normalized spacial score (nSPS) is 10.1. The van der Waals surface area contributed by atoms with Crippen LogP contribution in [0.3, 0.4) is 0 Å². The Morgan fingerprint density at radius 1 is 1.27 bits per heavy atom. The molecule has 0 aromatic heterocycles. The number of hydrogen-bond acceptors (Lipinski definition) is 4. The summed E-state index contributed by atoms with van der Waals surface area (Å²) < 4.78 is 18.0. The third-order valence-electron chi connectivity index (χ3n) is 2.94. The van der Waals surface area contributed by atoms with Crippen molar-refractivity contribution in [1.29, 1.82) is 0 Å². The van der Waals surface area contributed by atoms with Gasteiger partial charge in [-0.25, -0.2) is 9.18 Å². The number of halogens is 2. The van der Waals surface area contributed by atoms with Gasteiger partial charge in [0.05, 0.1) is 28.5 Å². The lowest BCUT2D eigenvalue weighted by atomic mass is 10.1. The molecule has 0 saturated carbocycles. The Kier molecular flexibility index (Phi) is 4.77. The van der Waals surface area contributed by atoms with Crippen LogP contribution >= 0.6 is 15.9 Å². The van der Waals surface area contributed by atoms with Crippen LogP contribution in [0.5, 0.6) is 0 Å². The fourth-order valence-corrected chi connectivity index (χ4v) is 2.17. The van der Waals surface area contributed by atoms with Gasteiger partial charge in [-0.15, -0.1) is 0 Å². The zero-order valence-electron chi connectivity index (χ0n) is 11.5. The lowest BCUT2D eigenvalue weighted by Crippen LogP contribution is -2.15. The van der Waals surface area contributed by atoms with Crippen LogP contribution in [-0.4, -0.2) is 19.0 Å². The molecule has 0 radical (unpaired) electrons. The number of para-hydroxylation sites is 1. The van der Waals surface area contributed by atoms with Crippen molar-refractivity contribution in [3.05, 3.63) is 57.8 Å². The summed E-state index contributed by atoms with van der Waals surface area (Å²) in [6.07, 6.45) is 0. The number of carbonyl (C=O) groups is 2. The molecule has 5 nitrogen and oxygen atoms in total. The van der Waals surface area contributed by atoms with Crippen molar-refractivity contribution in [2.75, 3.05) is 18.2 Å². The zero-order valence-corrected chi connectivity index (χ0v) is 13.1. The minimum Gasteiger partial charge on any atom is -0.465 e. The fraction of sp³-hybridized carbons (Fsp3) is 0.0667. The molecule has 7 heteroatoms. The van der Waals surface area contributed by atoms with Gasteiger partial charge >= 0.3 is 5.97 Å². The standard InChI is InChI=1S/C15H12BrFN2O3/c1-22-15(21)9-3-2-4-12(13(9)18)19-14(20)8-5-6-11(17)10(16)7-8/h2-7H,18H2,1H3,(H,19,20). The van der Waals surface area contributed by atoms with Crippen LogP contribution in [0.2, 0.25) is 0 Å². The molecule has 0 saturated heterocycles. The van der Waals surface area contributed by atoms with Crippen molar-refractivity contribution in [2.24, 2.45) is 0 Å². The number of hydrogen-bond donors (Lipinski definition) is 2. The van der Waals surface area contributed by atoms with Crippen LogP contribution in [-0.2, 0) is 4.74 Å². The number of anilines is 2. The molecule has 22 heavy (non-hydrogen) atoms. The van der Waals surface area contributed by atoms with Crippen molar-refractivity contribution in [3.8, 4) is 0 Å². The van der Waals surface area contributed by atoms with Crippen LogP contribution in [0.4, 0.5) is 15.8 Å². The van der Waals surface area contributed by atoms with Crippen molar-refractivity contribution in [1.82, 2.24) is 0 Å². The maximum Gasteiger partial charge on any atom is 0.340 e. The molecule has 0 atom stereocenters. The number of esters is 1. The molecule has 3 N–H and O–H groups in total. The average Bonchev–Trinajstić information content (AvgIpc) is 2.51. The molecule has 2 aromatic carbocycles. The predicted octanol–water partition coefficient (Wildman–Crippen LogP) is 3.21. The Bertz CT molecular complexity index is 750. The fourth-order valence-electron chi connectivity index (χ4n) is 1.79. The number of methoxy groups -OCH3 is 1. The van der Waals surface area contributed by atoms with Gasteiger partial charge in [-0.2, -0.15) is 0 Å². The Balaban J connectivity index is 2.28. The highest BCUT2D eigenvalue weighted by atomic mass is 79.9. The first-order chi connectivity index (χ1) is 10.4. The van der Waals surface area contributed by atoms with Crippen LogP contribution in [0.1, 0.15) is 20.7 Å². The second-order valence-corrected chi connectivity index (χ2v) is 5.20. The number of ether oxygens (including phenoxy) is 1. The van der Waals surface area contributed by atoms with Gasteiger partial charge in [0.15, 0.2) is 0 Å². The molecule has 2 rings (SSSR count). The molecule has 1 amide bonds. The highest BCUT2D eigenvalue weighted by Gasteiger charge is 2.15. The third-order valence-corrected chi connectivity index (χ3v) is 3.55. The van der Waals surface area contributed by atoms with E-state index in [4.69, 9.17) is 5.73 Å². The van der Waals surface area contributed by atoms with E-state index in [1.807, 2.05) is 0 Å². The Hall–Kier alpha value is -2.41. The van der Waals surface area contributed by atoms with Gasteiger partial charge in [-0.05, 0) is 46.3 Å². The van der Waals surface area contributed by atoms with E-state index in [1.165, 1.54) is 31.4 Å². The summed E-state index contributed by atoms with van der Waals surface area (Å²) in [7, 11) is 1.24. The zero-order chi connectivity index (χ0) is 16.3. The monoisotopic (exact) mass is 366 g/mol.